The van der Waals surface area contributed by atoms with Gasteiger partial charge in [-0.15, -0.1) is 0 Å². The molecule has 1 unspecified atom stereocenters. The molecular weight excluding hydrogens is 197 g/mol. The number of hydrogen-bond acceptors (Lipinski definition) is 3. The zero-order valence-electron chi connectivity index (χ0n) is 9.17. The Balaban J connectivity index is 3.01. The third kappa shape index (κ3) is 2.67. The lowest BCUT2D eigenvalue weighted by Crippen LogP contribution is -2.33. The maximum atomic E-state index is 13.4. The number of benzene rings is 1. The molecule has 0 aromatic heterocycles. The van der Waals surface area contributed by atoms with Crippen LogP contribution in [0.5, 0.6) is 5.75 Å². The van der Waals surface area contributed by atoms with Crippen molar-refractivity contribution < 1.29 is 14.2 Å². The first-order chi connectivity index (χ1) is 7.01. The predicted molar refractivity (Wildman–Crippen MR) is 56.4 cm³/mol. The van der Waals surface area contributed by atoms with Crippen LogP contribution in [0, 0.1) is 5.82 Å². The third-order valence-corrected chi connectivity index (χ3v) is 2.29. The second-order valence-corrected chi connectivity index (χ2v) is 3.65. The molecule has 0 bridgehead atoms. The molecular formula is C11H16FNO2. The molecule has 1 rings (SSSR count). The molecule has 84 valence electrons. The molecule has 0 aliphatic carbocycles. The van der Waals surface area contributed by atoms with E-state index in [1.54, 1.807) is 20.0 Å². The maximum Gasteiger partial charge on any atom is 0.165 e. The first kappa shape index (κ1) is 11.9. The van der Waals surface area contributed by atoms with Gasteiger partial charge in [-0.2, -0.15) is 0 Å². The van der Waals surface area contributed by atoms with Crippen molar-refractivity contribution in [1.29, 1.82) is 0 Å². The summed E-state index contributed by atoms with van der Waals surface area (Å²) in [7, 11) is 3.14. The van der Waals surface area contributed by atoms with Gasteiger partial charge < -0.3 is 15.2 Å². The van der Waals surface area contributed by atoms with Crippen molar-refractivity contribution in [3.05, 3.63) is 29.6 Å². The highest BCUT2D eigenvalue weighted by Gasteiger charge is 2.23. The number of hydrogen-bond donors (Lipinski definition) is 2. The van der Waals surface area contributed by atoms with Crippen LogP contribution in [0.4, 0.5) is 4.39 Å². The minimum atomic E-state index is -1.08. The van der Waals surface area contributed by atoms with Crippen LogP contribution in [-0.2, 0) is 5.60 Å². The van der Waals surface area contributed by atoms with Crippen LogP contribution >= 0.6 is 0 Å². The quantitative estimate of drug-likeness (QED) is 0.791. The smallest absolute Gasteiger partial charge is 0.165 e. The van der Waals surface area contributed by atoms with Gasteiger partial charge in [0.2, 0.25) is 0 Å². The Hall–Kier alpha value is -1.13. The Labute approximate surface area is 88.9 Å². The lowest BCUT2D eigenvalue weighted by Gasteiger charge is -2.23. The van der Waals surface area contributed by atoms with Gasteiger partial charge >= 0.3 is 0 Å². The van der Waals surface area contributed by atoms with Gasteiger partial charge in [-0.3, -0.25) is 0 Å². The second-order valence-electron chi connectivity index (χ2n) is 3.65. The number of aliphatic hydroxyl groups is 1. The molecule has 0 spiro atoms. The molecule has 1 aromatic carbocycles. The van der Waals surface area contributed by atoms with E-state index in [9.17, 15) is 9.50 Å². The van der Waals surface area contributed by atoms with Crippen LogP contribution in [-0.4, -0.2) is 25.8 Å². The number of methoxy groups -OCH3 is 1. The fraction of sp³-hybridized carbons (Fsp3) is 0.455. The van der Waals surface area contributed by atoms with E-state index in [0.717, 1.165) is 0 Å². The highest BCUT2D eigenvalue weighted by molar-refractivity contribution is 5.32. The van der Waals surface area contributed by atoms with E-state index in [1.807, 2.05) is 0 Å². The molecule has 0 amide bonds. The summed E-state index contributed by atoms with van der Waals surface area (Å²) in [6, 6.07) is 4.45. The average Bonchev–Trinajstić information content (AvgIpc) is 2.17. The van der Waals surface area contributed by atoms with Crippen molar-refractivity contribution in [2.75, 3.05) is 20.7 Å². The van der Waals surface area contributed by atoms with Crippen LogP contribution in [0.3, 0.4) is 0 Å². The number of halogens is 1. The van der Waals surface area contributed by atoms with Crippen molar-refractivity contribution >= 4 is 0 Å². The first-order valence-electron chi connectivity index (χ1n) is 4.72. The minimum absolute atomic E-state index is 0.180. The summed E-state index contributed by atoms with van der Waals surface area (Å²) in [4.78, 5) is 0. The standard InChI is InChI=1S/C11H16FNO2/c1-11(14,7-13-2)8-4-5-10(15-3)9(12)6-8/h4-6,13-14H,7H2,1-3H3. The Morgan fingerprint density at radius 2 is 2.20 bits per heavy atom. The largest absolute Gasteiger partial charge is 0.494 e. The molecule has 0 aliphatic heterocycles. The fourth-order valence-corrected chi connectivity index (χ4v) is 1.45. The van der Waals surface area contributed by atoms with Gasteiger partial charge in [0.05, 0.1) is 12.7 Å². The highest BCUT2D eigenvalue weighted by atomic mass is 19.1. The van der Waals surface area contributed by atoms with Crippen LogP contribution in [0.15, 0.2) is 18.2 Å². The van der Waals surface area contributed by atoms with Gasteiger partial charge in [0.1, 0.15) is 0 Å². The Bertz CT molecular complexity index is 339. The molecule has 3 nitrogen and oxygen atoms in total. The predicted octanol–water partition coefficient (Wildman–Crippen LogP) is 1.26. The second kappa shape index (κ2) is 4.59. The van der Waals surface area contributed by atoms with Crippen LogP contribution in [0.25, 0.3) is 0 Å². The molecule has 0 saturated carbocycles. The molecule has 0 radical (unpaired) electrons. The van der Waals surface area contributed by atoms with E-state index in [1.165, 1.54) is 19.2 Å². The molecule has 1 atom stereocenters. The summed E-state index contributed by atoms with van der Waals surface area (Å²) < 4.78 is 18.2. The van der Waals surface area contributed by atoms with Crippen LogP contribution in [0.1, 0.15) is 12.5 Å². The number of rotatable bonds is 4. The number of likely N-dealkylation sites (N-methyl/N-ethyl adjacent to an activating group) is 1. The van der Waals surface area contributed by atoms with Gasteiger partial charge in [-0.1, -0.05) is 6.07 Å². The molecule has 4 heteroatoms. The third-order valence-electron chi connectivity index (χ3n) is 2.29. The number of ether oxygens (including phenoxy) is 1. The Morgan fingerprint density at radius 3 is 2.67 bits per heavy atom. The first-order valence-corrected chi connectivity index (χ1v) is 4.72. The zero-order valence-corrected chi connectivity index (χ0v) is 9.17. The van der Waals surface area contributed by atoms with Crippen molar-refractivity contribution in [1.82, 2.24) is 5.32 Å². The Kier molecular flexibility index (Phi) is 3.66. The van der Waals surface area contributed by atoms with Crippen molar-refractivity contribution in [2.45, 2.75) is 12.5 Å². The topological polar surface area (TPSA) is 41.5 Å². The zero-order chi connectivity index (χ0) is 11.5. The summed E-state index contributed by atoms with van der Waals surface area (Å²) >= 11 is 0. The Morgan fingerprint density at radius 1 is 1.53 bits per heavy atom. The molecule has 0 aliphatic rings. The molecule has 15 heavy (non-hydrogen) atoms. The number of nitrogens with one attached hydrogen (secondary N) is 1. The fourth-order valence-electron chi connectivity index (χ4n) is 1.45. The summed E-state index contributed by atoms with van der Waals surface area (Å²) in [5, 5.41) is 12.9. The van der Waals surface area contributed by atoms with Gasteiger partial charge in [0, 0.05) is 6.54 Å². The van der Waals surface area contributed by atoms with Gasteiger partial charge in [-0.05, 0) is 31.7 Å². The van der Waals surface area contributed by atoms with Crippen molar-refractivity contribution in [3.63, 3.8) is 0 Å². The molecule has 1 aromatic rings. The molecule has 0 heterocycles. The summed E-state index contributed by atoms with van der Waals surface area (Å²) in [6.45, 7) is 1.99. The van der Waals surface area contributed by atoms with Crippen molar-refractivity contribution in [2.24, 2.45) is 0 Å². The summed E-state index contributed by atoms with van der Waals surface area (Å²) in [5.74, 6) is -0.287. The molecule has 0 saturated heterocycles. The minimum Gasteiger partial charge on any atom is -0.494 e. The lowest BCUT2D eigenvalue weighted by molar-refractivity contribution is 0.0587. The van der Waals surface area contributed by atoms with Gasteiger partial charge in [0.25, 0.3) is 0 Å². The molecule has 2 N–H and O–H groups in total. The highest BCUT2D eigenvalue weighted by Crippen LogP contribution is 2.25. The van der Waals surface area contributed by atoms with E-state index >= 15 is 0 Å². The SMILES string of the molecule is CNCC(C)(O)c1ccc(OC)c(F)c1. The van der Waals surface area contributed by atoms with Crippen LogP contribution in [0.2, 0.25) is 0 Å². The van der Waals surface area contributed by atoms with Crippen molar-refractivity contribution in [3.8, 4) is 5.75 Å². The summed E-state index contributed by atoms with van der Waals surface area (Å²) in [5.41, 5.74) is -0.558. The van der Waals surface area contributed by atoms with E-state index in [-0.39, 0.29) is 5.75 Å². The van der Waals surface area contributed by atoms with E-state index in [4.69, 9.17) is 4.74 Å². The monoisotopic (exact) mass is 213 g/mol. The molecule has 0 fully saturated rings. The van der Waals surface area contributed by atoms with Gasteiger partial charge in [0.15, 0.2) is 11.6 Å². The van der Waals surface area contributed by atoms with Gasteiger partial charge in [-0.25, -0.2) is 4.39 Å². The maximum absolute atomic E-state index is 13.4. The van der Waals surface area contributed by atoms with Crippen LogP contribution < -0.4 is 10.1 Å². The average molecular weight is 213 g/mol. The lowest BCUT2D eigenvalue weighted by atomic mass is 9.96. The van der Waals surface area contributed by atoms with E-state index in [2.05, 4.69) is 5.32 Å². The summed E-state index contributed by atoms with van der Waals surface area (Å²) in [6.07, 6.45) is 0. The van der Waals surface area contributed by atoms with E-state index < -0.39 is 11.4 Å². The normalized spacial score (nSPS) is 14.7. The van der Waals surface area contributed by atoms with E-state index in [0.29, 0.717) is 12.1 Å².